The van der Waals surface area contributed by atoms with Crippen molar-refractivity contribution in [1.82, 2.24) is 9.78 Å². The second-order valence-electron chi connectivity index (χ2n) is 3.84. The van der Waals surface area contributed by atoms with Gasteiger partial charge in [-0.25, -0.2) is 8.78 Å². The first-order chi connectivity index (χ1) is 8.00. The molecule has 2 aromatic rings. The molecule has 1 aromatic heterocycles. The minimum Gasteiger partial charge on any atom is -0.264 e. The van der Waals surface area contributed by atoms with Crippen LogP contribution in [0.1, 0.15) is 17.0 Å². The Kier molecular flexibility index (Phi) is 3.28. The van der Waals surface area contributed by atoms with Gasteiger partial charge in [-0.05, 0) is 41.9 Å². The summed E-state index contributed by atoms with van der Waals surface area (Å²) >= 11 is 3.38. The molecule has 0 saturated carbocycles. The van der Waals surface area contributed by atoms with E-state index in [2.05, 4.69) is 21.0 Å². The van der Waals surface area contributed by atoms with Crippen LogP contribution in [-0.4, -0.2) is 9.78 Å². The number of hydrogen-bond donors (Lipinski definition) is 0. The van der Waals surface area contributed by atoms with Gasteiger partial charge in [0.15, 0.2) is 0 Å². The van der Waals surface area contributed by atoms with Gasteiger partial charge in [0.05, 0.1) is 22.4 Å². The van der Waals surface area contributed by atoms with E-state index in [1.165, 1.54) is 18.2 Å². The summed E-state index contributed by atoms with van der Waals surface area (Å²) in [6.07, 6.45) is 0. The van der Waals surface area contributed by atoms with Crippen molar-refractivity contribution in [2.24, 2.45) is 0 Å². The number of aryl methyl sites for hydroxylation is 1. The highest BCUT2D eigenvalue weighted by Gasteiger charge is 2.13. The van der Waals surface area contributed by atoms with Gasteiger partial charge in [-0.3, -0.25) is 4.68 Å². The van der Waals surface area contributed by atoms with E-state index in [9.17, 15) is 8.78 Å². The van der Waals surface area contributed by atoms with Gasteiger partial charge < -0.3 is 0 Å². The third kappa shape index (κ3) is 2.24. The minimum atomic E-state index is -0.548. The van der Waals surface area contributed by atoms with Crippen LogP contribution in [0.2, 0.25) is 0 Å². The molecule has 90 valence electrons. The fraction of sp³-hybridized carbons (Fsp3) is 0.250. The van der Waals surface area contributed by atoms with E-state index >= 15 is 0 Å². The SMILES string of the molecule is Cc1nn(Cc2c(F)cccc2F)c(C)c1Br. The normalized spacial score (nSPS) is 10.9. The molecular formula is C12H11BrF2N2. The first-order valence-corrected chi connectivity index (χ1v) is 5.92. The van der Waals surface area contributed by atoms with Crippen molar-refractivity contribution < 1.29 is 8.78 Å². The molecule has 0 atom stereocenters. The molecule has 0 aliphatic carbocycles. The van der Waals surface area contributed by atoms with Gasteiger partial charge >= 0.3 is 0 Å². The lowest BCUT2D eigenvalue weighted by molar-refractivity contribution is 0.528. The Morgan fingerprint density at radius 3 is 2.29 bits per heavy atom. The standard InChI is InChI=1S/C12H11BrF2N2/c1-7-12(13)8(2)17(16-7)6-9-10(14)4-3-5-11(9)15/h3-5H,6H2,1-2H3. The summed E-state index contributed by atoms with van der Waals surface area (Å²) in [7, 11) is 0. The number of nitrogens with zero attached hydrogens (tertiary/aromatic N) is 2. The highest BCUT2D eigenvalue weighted by atomic mass is 79.9. The lowest BCUT2D eigenvalue weighted by Crippen LogP contribution is -2.07. The highest BCUT2D eigenvalue weighted by Crippen LogP contribution is 2.22. The molecule has 1 aromatic carbocycles. The van der Waals surface area contributed by atoms with Crippen molar-refractivity contribution in [3.63, 3.8) is 0 Å². The smallest absolute Gasteiger partial charge is 0.131 e. The largest absolute Gasteiger partial charge is 0.264 e. The van der Waals surface area contributed by atoms with Crippen LogP contribution < -0.4 is 0 Å². The predicted molar refractivity (Wildman–Crippen MR) is 64.9 cm³/mol. The monoisotopic (exact) mass is 300 g/mol. The molecule has 0 fully saturated rings. The van der Waals surface area contributed by atoms with E-state index in [1.807, 2.05) is 13.8 Å². The Morgan fingerprint density at radius 2 is 1.82 bits per heavy atom. The molecule has 0 amide bonds. The third-order valence-corrected chi connectivity index (χ3v) is 3.81. The van der Waals surface area contributed by atoms with E-state index in [-0.39, 0.29) is 12.1 Å². The van der Waals surface area contributed by atoms with E-state index in [0.29, 0.717) is 0 Å². The van der Waals surface area contributed by atoms with Crippen LogP contribution >= 0.6 is 15.9 Å². The van der Waals surface area contributed by atoms with E-state index in [0.717, 1.165) is 15.9 Å². The summed E-state index contributed by atoms with van der Waals surface area (Å²) in [4.78, 5) is 0. The van der Waals surface area contributed by atoms with Crippen LogP contribution in [0.5, 0.6) is 0 Å². The van der Waals surface area contributed by atoms with Crippen molar-refractivity contribution in [3.8, 4) is 0 Å². The van der Waals surface area contributed by atoms with Gasteiger partial charge in [0, 0.05) is 5.56 Å². The maximum absolute atomic E-state index is 13.5. The molecule has 0 N–H and O–H groups in total. The van der Waals surface area contributed by atoms with Gasteiger partial charge in [0.1, 0.15) is 11.6 Å². The molecule has 0 radical (unpaired) electrons. The van der Waals surface area contributed by atoms with Gasteiger partial charge in [0.25, 0.3) is 0 Å². The fourth-order valence-electron chi connectivity index (χ4n) is 1.66. The van der Waals surface area contributed by atoms with E-state index < -0.39 is 11.6 Å². The summed E-state index contributed by atoms with van der Waals surface area (Å²) in [5.41, 5.74) is 1.69. The molecule has 5 heteroatoms. The second kappa shape index (κ2) is 4.56. The van der Waals surface area contributed by atoms with Gasteiger partial charge in [-0.15, -0.1) is 0 Å². The molecule has 0 bridgehead atoms. The number of rotatable bonds is 2. The molecule has 0 aliphatic rings. The summed E-state index contributed by atoms with van der Waals surface area (Å²) in [5, 5.41) is 4.22. The molecule has 17 heavy (non-hydrogen) atoms. The Labute approximate surface area is 106 Å². The van der Waals surface area contributed by atoms with Gasteiger partial charge in [-0.1, -0.05) is 6.07 Å². The quantitative estimate of drug-likeness (QED) is 0.829. The number of benzene rings is 1. The average Bonchev–Trinajstić information content (AvgIpc) is 2.52. The maximum atomic E-state index is 13.5. The number of aromatic nitrogens is 2. The van der Waals surface area contributed by atoms with Gasteiger partial charge in [0.2, 0.25) is 0 Å². The van der Waals surface area contributed by atoms with Crippen LogP contribution in [0.4, 0.5) is 8.78 Å². The Balaban J connectivity index is 2.41. The first-order valence-electron chi connectivity index (χ1n) is 5.13. The van der Waals surface area contributed by atoms with Crippen molar-refractivity contribution in [2.45, 2.75) is 20.4 Å². The van der Waals surface area contributed by atoms with Crippen molar-refractivity contribution >= 4 is 15.9 Å². The molecule has 1 heterocycles. The summed E-state index contributed by atoms with van der Waals surface area (Å²) in [6.45, 7) is 3.78. The fourth-order valence-corrected chi connectivity index (χ4v) is 1.95. The topological polar surface area (TPSA) is 17.8 Å². The Morgan fingerprint density at radius 1 is 1.24 bits per heavy atom. The van der Waals surface area contributed by atoms with Crippen LogP contribution in [0, 0.1) is 25.5 Å². The van der Waals surface area contributed by atoms with Crippen LogP contribution in [-0.2, 0) is 6.54 Å². The Hall–Kier alpha value is -1.23. The predicted octanol–water partition coefficient (Wildman–Crippen LogP) is 3.59. The van der Waals surface area contributed by atoms with Crippen molar-refractivity contribution in [1.29, 1.82) is 0 Å². The molecular weight excluding hydrogens is 290 g/mol. The lowest BCUT2D eigenvalue weighted by atomic mass is 10.2. The van der Waals surface area contributed by atoms with Crippen molar-refractivity contribution in [2.75, 3.05) is 0 Å². The lowest BCUT2D eigenvalue weighted by Gasteiger charge is -2.07. The summed E-state index contributed by atoms with van der Waals surface area (Å²) in [6, 6.07) is 3.85. The second-order valence-corrected chi connectivity index (χ2v) is 4.64. The molecule has 2 rings (SSSR count). The van der Waals surface area contributed by atoms with Gasteiger partial charge in [-0.2, -0.15) is 5.10 Å². The van der Waals surface area contributed by atoms with Crippen molar-refractivity contribution in [3.05, 3.63) is 51.3 Å². The highest BCUT2D eigenvalue weighted by molar-refractivity contribution is 9.10. The molecule has 0 unspecified atom stereocenters. The summed E-state index contributed by atoms with van der Waals surface area (Å²) in [5.74, 6) is -1.10. The Bertz CT molecular complexity index is 544. The minimum absolute atomic E-state index is 0.0330. The van der Waals surface area contributed by atoms with E-state index in [1.54, 1.807) is 4.68 Å². The van der Waals surface area contributed by atoms with E-state index in [4.69, 9.17) is 0 Å². The number of hydrogen-bond acceptors (Lipinski definition) is 1. The molecule has 0 aliphatic heterocycles. The molecule has 0 spiro atoms. The third-order valence-electron chi connectivity index (χ3n) is 2.66. The van der Waals surface area contributed by atoms with Crippen LogP contribution in [0.15, 0.2) is 22.7 Å². The molecule has 2 nitrogen and oxygen atoms in total. The maximum Gasteiger partial charge on any atom is 0.131 e. The average molecular weight is 301 g/mol. The first kappa shape index (κ1) is 12.2. The van der Waals surface area contributed by atoms with Crippen LogP contribution in [0.25, 0.3) is 0 Å². The zero-order valence-electron chi connectivity index (χ0n) is 9.47. The molecule has 0 saturated heterocycles. The summed E-state index contributed by atoms with van der Waals surface area (Å²) < 4.78 is 29.4. The van der Waals surface area contributed by atoms with Crippen LogP contribution in [0.3, 0.4) is 0 Å². The zero-order valence-corrected chi connectivity index (χ0v) is 11.1. The number of halogens is 3. The zero-order chi connectivity index (χ0) is 12.6.